The average Bonchev–Trinajstić information content (AvgIpc) is 3.26. The van der Waals surface area contributed by atoms with Gasteiger partial charge in [0.1, 0.15) is 16.4 Å². The van der Waals surface area contributed by atoms with E-state index in [2.05, 4.69) is 9.97 Å². The van der Waals surface area contributed by atoms with E-state index < -0.39 is 15.7 Å². The van der Waals surface area contributed by atoms with Crippen molar-refractivity contribution < 1.29 is 17.0 Å². The van der Waals surface area contributed by atoms with E-state index in [1.165, 1.54) is 35.6 Å². The Balaban J connectivity index is 1.79. The topological polar surface area (TPSA) is 69.2 Å². The molecule has 0 saturated carbocycles. The van der Waals surface area contributed by atoms with Crippen LogP contribution in [0.3, 0.4) is 0 Å². The van der Waals surface area contributed by atoms with Gasteiger partial charge in [-0.25, -0.2) is 13.6 Å². The standard InChI is InChI=1S/C22H17FN2O3S2/c1-22(17-11-13-24-14-12-17,28-30(26,27)19-5-3-2-4-6-19)20-15-25-21(29-20)16-7-9-18(23)10-8-16/h2-15H,1H3. The van der Waals surface area contributed by atoms with E-state index in [4.69, 9.17) is 4.18 Å². The molecule has 2 aromatic heterocycles. The molecule has 0 fully saturated rings. The number of benzene rings is 2. The highest BCUT2D eigenvalue weighted by Crippen LogP contribution is 2.41. The average molecular weight is 441 g/mol. The SMILES string of the molecule is CC(OS(=O)(=O)c1ccccc1)(c1ccncc1)c1cnc(-c2ccc(F)cc2)s1. The van der Waals surface area contributed by atoms with E-state index in [1.807, 2.05) is 0 Å². The van der Waals surface area contributed by atoms with Gasteiger partial charge in [0.05, 0.1) is 9.77 Å². The second-order valence-electron chi connectivity index (χ2n) is 6.66. The highest BCUT2D eigenvalue weighted by molar-refractivity contribution is 7.86. The van der Waals surface area contributed by atoms with Crippen LogP contribution >= 0.6 is 11.3 Å². The molecule has 4 aromatic rings. The molecule has 0 aliphatic heterocycles. The van der Waals surface area contributed by atoms with Crippen LogP contribution in [0.4, 0.5) is 4.39 Å². The maximum atomic E-state index is 13.3. The molecule has 0 amide bonds. The van der Waals surface area contributed by atoms with Gasteiger partial charge in [0, 0.05) is 24.2 Å². The summed E-state index contributed by atoms with van der Waals surface area (Å²) >= 11 is 1.29. The van der Waals surface area contributed by atoms with Gasteiger partial charge in [-0.15, -0.1) is 11.3 Å². The van der Waals surface area contributed by atoms with Crippen LogP contribution in [0.15, 0.2) is 90.2 Å². The third kappa shape index (κ3) is 4.02. The van der Waals surface area contributed by atoms with Crippen molar-refractivity contribution in [2.24, 2.45) is 0 Å². The van der Waals surface area contributed by atoms with Crippen LogP contribution in [0, 0.1) is 5.82 Å². The number of aromatic nitrogens is 2. The normalized spacial score (nSPS) is 13.7. The predicted octanol–water partition coefficient (Wildman–Crippen LogP) is 5.01. The number of hydrogen-bond donors (Lipinski definition) is 0. The van der Waals surface area contributed by atoms with Crippen LogP contribution in [0.5, 0.6) is 0 Å². The fourth-order valence-electron chi connectivity index (χ4n) is 2.98. The van der Waals surface area contributed by atoms with Gasteiger partial charge >= 0.3 is 0 Å². The van der Waals surface area contributed by atoms with Crippen LogP contribution in [-0.2, 0) is 19.9 Å². The molecule has 0 aliphatic rings. The summed E-state index contributed by atoms with van der Waals surface area (Å²) in [5.74, 6) is -0.338. The number of halogens is 1. The zero-order chi connectivity index (χ0) is 21.2. The van der Waals surface area contributed by atoms with Gasteiger partial charge in [-0.2, -0.15) is 8.42 Å². The van der Waals surface area contributed by atoms with E-state index in [-0.39, 0.29) is 10.7 Å². The quantitative estimate of drug-likeness (QED) is 0.394. The largest absolute Gasteiger partial charge is 0.298 e. The van der Waals surface area contributed by atoms with Crippen LogP contribution < -0.4 is 0 Å². The predicted molar refractivity (Wildman–Crippen MR) is 113 cm³/mol. The van der Waals surface area contributed by atoms with Crippen LogP contribution in [-0.4, -0.2) is 18.4 Å². The molecule has 4 rings (SSSR count). The Bertz CT molecular complexity index is 1240. The van der Waals surface area contributed by atoms with Crippen molar-refractivity contribution in [1.29, 1.82) is 0 Å². The molecule has 1 atom stereocenters. The Hall–Kier alpha value is -2.94. The van der Waals surface area contributed by atoms with Gasteiger partial charge in [-0.1, -0.05) is 18.2 Å². The van der Waals surface area contributed by atoms with Crippen LogP contribution in [0.2, 0.25) is 0 Å². The Kier molecular flexibility index (Phi) is 5.46. The lowest BCUT2D eigenvalue weighted by Crippen LogP contribution is -2.30. The molecular weight excluding hydrogens is 423 g/mol. The summed E-state index contributed by atoms with van der Waals surface area (Å²) in [6.07, 6.45) is 4.74. The number of rotatable bonds is 6. The summed E-state index contributed by atoms with van der Waals surface area (Å²) in [5.41, 5.74) is 0.0232. The molecule has 8 heteroatoms. The van der Waals surface area contributed by atoms with Gasteiger partial charge in [-0.3, -0.25) is 4.98 Å². The fourth-order valence-corrected chi connectivity index (χ4v) is 5.27. The highest BCUT2D eigenvalue weighted by atomic mass is 32.2. The number of thiazole rings is 1. The van der Waals surface area contributed by atoms with Crippen molar-refractivity contribution in [2.45, 2.75) is 17.4 Å². The molecule has 0 saturated heterocycles. The molecule has 2 aromatic carbocycles. The summed E-state index contributed by atoms with van der Waals surface area (Å²) in [4.78, 5) is 9.09. The second kappa shape index (κ2) is 8.06. The minimum absolute atomic E-state index is 0.0635. The summed E-state index contributed by atoms with van der Waals surface area (Å²) in [7, 11) is -4.07. The van der Waals surface area contributed by atoms with Crippen molar-refractivity contribution in [3.05, 3.63) is 102 Å². The molecule has 0 spiro atoms. The van der Waals surface area contributed by atoms with Gasteiger partial charge < -0.3 is 0 Å². The molecule has 0 N–H and O–H groups in total. The highest BCUT2D eigenvalue weighted by Gasteiger charge is 2.38. The first-order chi connectivity index (χ1) is 14.4. The van der Waals surface area contributed by atoms with Crippen molar-refractivity contribution >= 4 is 21.5 Å². The maximum absolute atomic E-state index is 13.3. The summed E-state index contributed by atoms with van der Waals surface area (Å²) in [5, 5.41) is 0.631. The lowest BCUT2D eigenvalue weighted by molar-refractivity contribution is 0.145. The van der Waals surface area contributed by atoms with E-state index in [9.17, 15) is 12.8 Å². The third-order valence-electron chi connectivity index (χ3n) is 4.61. The Morgan fingerprint density at radius 3 is 2.30 bits per heavy atom. The lowest BCUT2D eigenvalue weighted by atomic mass is 9.96. The van der Waals surface area contributed by atoms with Gasteiger partial charge in [0.2, 0.25) is 0 Å². The van der Waals surface area contributed by atoms with Gasteiger partial charge in [0.15, 0.2) is 0 Å². The zero-order valence-corrected chi connectivity index (χ0v) is 17.5. The van der Waals surface area contributed by atoms with E-state index in [0.717, 1.165) is 5.56 Å². The molecule has 2 heterocycles. The molecule has 5 nitrogen and oxygen atoms in total. The Morgan fingerprint density at radius 1 is 0.967 bits per heavy atom. The third-order valence-corrected chi connectivity index (χ3v) is 7.26. The van der Waals surface area contributed by atoms with Crippen molar-refractivity contribution in [1.82, 2.24) is 9.97 Å². The minimum Gasteiger partial charge on any atom is -0.265 e. The van der Waals surface area contributed by atoms with Crippen molar-refractivity contribution in [2.75, 3.05) is 0 Å². The smallest absolute Gasteiger partial charge is 0.265 e. The zero-order valence-electron chi connectivity index (χ0n) is 15.9. The lowest BCUT2D eigenvalue weighted by Gasteiger charge is -2.28. The summed E-state index contributed by atoms with van der Waals surface area (Å²) in [6, 6.07) is 17.4. The minimum atomic E-state index is -4.07. The molecule has 1 unspecified atom stereocenters. The molecular formula is C22H17FN2O3S2. The first-order valence-electron chi connectivity index (χ1n) is 9.02. The summed E-state index contributed by atoms with van der Waals surface area (Å²) < 4.78 is 45.1. The molecule has 0 radical (unpaired) electrons. The Morgan fingerprint density at radius 2 is 1.63 bits per heavy atom. The number of hydrogen-bond acceptors (Lipinski definition) is 6. The van der Waals surface area contributed by atoms with E-state index in [1.54, 1.807) is 68.0 Å². The van der Waals surface area contributed by atoms with Gasteiger partial charge in [-0.05, 0) is 61.0 Å². The number of nitrogens with zero attached hydrogens (tertiary/aromatic N) is 2. The summed E-state index contributed by atoms with van der Waals surface area (Å²) in [6.45, 7) is 1.69. The molecule has 0 aliphatic carbocycles. The molecule has 0 bridgehead atoms. The number of pyridine rings is 1. The first-order valence-corrected chi connectivity index (χ1v) is 11.2. The van der Waals surface area contributed by atoms with Crippen LogP contribution in [0.25, 0.3) is 10.6 Å². The monoisotopic (exact) mass is 440 g/mol. The molecule has 152 valence electrons. The van der Waals surface area contributed by atoms with Crippen LogP contribution in [0.1, 0.15) is 17.4 Å². The van der Waals surface area contributed by atoms with Gasteiger partial charge in [0.25, 0.3) is 10.1 Å². The van der Waals surface area contributed by atoms with Crippen molar-refractivity contribution in [3.8, 4) is 10.6 Å². The maximum Gasteiger partial charge on any atom is 0.298 e. The molecule has 30 heavy (non-hydrogen) atoms. The first kappa shape index (κ1) is 20.3. The van der Waals surface area contributed by atoms with E-state index >= 15 is 0 Å². The van der Waals surface area contributed by atoms with Crippen molar-refractivity contribution in [3.63, 3.8) is 0 Å². The fraction of sp³-hybridized carbons (Fsp3) is 0.0909. The Labute approximate surface area is 178 Å². The van der Waals surface area contributed by atoms with E-state index in [0.29, 0.717) is 15.4 Å². The second-order valence-corrected chi connectivity index (χ2v) is 9.23.